The van der Waals surface area contributed by atoms with Crippen molar-refractivity contribution in [1.82, 2.24) is 0 Å². The molecule has 21 heavy (non-hydrogen) atoms. The summed E-state index contributed by atoms with van der Waals surface area (Å²) in [5.74, 6) is 0.856. The van der Waals surface area contributed by atoms with Gasteiger partial charge in [0.05, 0.1) is 5.69 Å². The number of nitrogens with zero attached hydrogens (tertiary/aromatic N) is 1. The molecule has 7 heteroatoms. The number of sulfonamides is 1. The van der Waals surface area contributed by atoms with Gasteiger partial charge in [-0.05, 0) is 18.2 Å². The molecule has 1 aromatic rings. The number of Topliss-reactive ketones (excluding diaryl/α,β-unsaturated/α-hetero) is 1. The highest BCUT2D eigenvalue weighted by atomic mass is 32.2. The lowest BCUT2D eigenvalue weighted by Crippen LogP contribution is -2.37. The molecule has 1 aliphatic rings. The van der Waals surface area contributed by atoms with Crippen molar-refractivity contribution in [1.29, 1.82) is 0 Å². The van der Waals surface area contributed by atoms with Gasteiger partial charge in [0.2, 0.25) is 10.0 Å². The smallest absolute Gasteiger partial charge is 0.240 e. The summed E-state index contributed by atoms with van der Waals surface area (Å²) in [7, 11) is -3.87. The van der Waals surface area contributed by atoms with E-state index in [0.29, 0.717) is 22.9 Å². The molecule has 0 aromatic heterocycles. The summed E-state index contributed by atoms with van der Waals surface area (Å²) in [4.78, 5) is 13.9. The molecule has 0 radical (unpaired) electrons. The fourth-order valence-electron chi connectivity index (χ4n) is 2.42. The molecule has 1 fully saturated rings. The van der Waals surface area contributed by atoms with Crippen molar-refractivity contribution in [3.8, 4) is 0 Å². The van der Waals surface area contributed by atoms with Gasteiger partial charge in [0, 0.05) is 36.1 Å². The van der Waals surface area contributed by atoms with Crippen LogP contribution in [0.2, 0.25) is 0 Å². The van der Waals surface area contributed by atoms with Crippen molar-refractivity contribution < 1.29 is 13.2 Å². The van der Waals surface area contributed by atoms with Crippen molar-refractivity contribution in [3.63, 3.8) is 0 Å². The van der Waals surface area contributed by atoms with Gasteiger partial charge in [0.1, 0.15) is 4.90 Å². The van der Waals surface area contributed by atoms with E-state index in [1.165, 1.54) is 6.07 Å². The Morgan fingerprint density at radius 2 is 2.19 bits per heavy atom. The lowest BCUT2D eigenvalue weighted by molar-refractivity contribution is 0.0988. The Morgan fingerprint density at radius 1 is 1.48 bits per heavy atom. The normalized spacial score (nSPS) is 19.6. The predicted octanol–water partition coefficient (Wildman–Crippen LogP) is 1.87. The van der Waals surface area contributed by atoms with E-state index in [1.54, 1.807) is 19.1 Å². The standard InChI is InChI=1S/C14H20N2O3S2/c1-3-13(17)11-4-5-12(14(8-11)21(15,18)19)16-6-7-20-10(2)9-16/h4-5,8,10H,3,6-7,9H2,1-2H3,(H2,15,18,19)/t10-/m1/s1. The second-order valence-electron chi connectivity index (χ2n) is 5.13. The third kappa shape index (κ3) is 3.78. The maximum absolute atomic E-state index is 11.9. The summed E-state index contributed by atoms with van der Waals surface area (Å²) in [5, 5.41) is 5.77. The van der Waals surface area contributed by atoms with Crippen molar-refractivity contribution in [2.24, 2.45) is 5.14 Å². The monoisotopic (exact) mass is 328 g/mol. The number of nitrogens with two attached hydrogens (primary N) is 1. The van der Waals surface area contributed by atoms with Crippen LogP contribution in [0.4, 0.5) is 5.69 Å². The van der Waals surface area contributed by atoms with E-state index in [1.807, 2.05) is 16.7 Å². The highest BCUT2D eigenvalue weighted by Crippen LogP contribution is 2.30. The zero-order valence-corrected chi connectivity index (χ0v) is 13.8. The summed E-state index contributed by atoms with van der Waals surface area (Å²) in [6.45, 7) is 5.41. The predicted molar refractivity (Wildman–Crippen MR) is 86.6 cm³/mol. The molecule has 0 saturated carbocycles. The largest absolute Gasteiger partial charge is 0.369 e. The summed E-state index contributed by atoms with van der Waals surface area (Å²) >= 11 is 1.87. The Labute approximate surface area is 129 Å². The molecule has 0 amide bonds. The third-order valence-electron chi connectivity index (χ3n) is 3.49. The molecule has 0 spiro atoms. The molecular formula is C14H20N2O3S2. The molecule has 1 atom stereocenters. The zero-order chi connectivity index (χ0) is 15.6. The van der Waals surface area contributed by atoms with Crippen molar-refractivity contribution in [3.05, 3.63) is 23.8 Å². The van der Waals surface area contributed by atoms with Gasteiger partial charge in [-0.15, -0.1) is 0 Å². The molecule has 1 aromatic carbocycles. The molecular weight excluding hydrogens is 308 g/mol. The Bertz CT molecular complexity index is 644. The van der Waals surface area contributed by atoms with Crippen molar-refractivity contribution in [2.75, 3.05) is 23.7 Å². The van der Waals surface area contributed by atoms with E-state index in [9.17, 15) is 13.2 Å². The zero-order valence-electron chi connectivity index (χ0n) is 12.2. The van der Waals surface area contributed by atoms with Crippen molar-refractivity contribution in [2.45, 2.75) is 30.4 Å². The van der Waals surface area contributed by atoms with Gasteiger partial charge in [-0.1, -0.05) is 13.8 Å². The summed E-state index contributed by atoms with van der Waals surface area (Å²) in [6.07, 6.45) is 0.334. The van der Waals surface area contributed by atoms with Crippen LogP contribution in [0.1, 0.15) is 30.6 Å². The molecule has 1 saturated heterocycles. The maximum atomic E-state index is 11.9. The molecule has 2 N–H and O–H groups in total. The van der Waals surface area contributed by atoms with Gasteiger partial charge in [0.25, 0.3) is 0 Å². The van der Waals surface area contributed by atoms with Crippen LogP contribution in [0.5, 0.6) is 0 Å². The van der Waals surface area contributed by atoms with E-state index in [0.717, 1.165) is 18.8 Å². The summed E-state index contributed by atoms with van der Waals surface area (Å²) in [5.41, 5.74) is 0.988. The van der Waals surface area contributed by atoms with E-state index in [2.05, 4.69) is 6.92 Å². The number of hydrogen-bond acceptors (Lipinski definition) is 5. The SMILES string of the molecule is CCC(=O)c1ccc(N2CCS[C@H](C)C2)c(S(N)(=O)=O)c1. The number of carbonyl (C=O) groups is 1. The fraction of sp³-hybridized carbons (Fsp3) is 0.500. The van der Waals surface area contributed by atoms with E-state index >= 15 is 0 Å². The first kappa shape index (κ1) is 16.3. The Balaban J connectivity index is 2.48. The number of carbonyl (C=O) groups excluding carboxylic acids is 1. The van der Waals surface area contributed by atoms with Gasteiger partial charge in [-0.3, -0.25) is 4.79 Å². The first-order valence-corrected chi connectivity index (χ1v) is 9.49. The summed E-state index contributed by atoms with van der Waals surface area (Å²) < 4.78 is 23.8. The van der Waals surface area contributed by atoms with Gasteiger partial charge in [0.15, 0.2) is 5.78 Å². The topological polar surface area (TPSA) is 80.5 Å². The van der Waals surface area contributed by atoms with Crippen LogP contribution in [0.3, 0.4) is 0 Å². The first-order valence-electron chi connectivity index (χ1n) is 6.89. The average molecular weight is 328 g/mol. The molecule has 0 bridgehead atoms. The third-order valence-corrected chi connectivity index (χ3v) is 5.57. The molecule has 1 aliphatic heterocycles. The highest BCUT2D eigenvalue weighted by molar-refractivity contribution is 8.00. The minimum absolute atomic E-state index is 0.0425. The molecule has 1 heterocycles. The van der Waals surface area contributed by atoms with Crippen molar-refractivity contribution >= 4 is 33.3 Å². The van der Waals surface area contributed by atoms with E-state index < -0.39 is 10.0 Å². The van der Waals surface area contributed by atoms with Crippen LogP contribution in [-0.4, -0.2) is 38.3 Å². The number of ketones is 1. The highest BCUT2D eigenvalue weighted by Gasteiger charge is 2.24. The number of hydrogen-bond donors (Lipinski definition) is 1. The van der Waals surface area contributed by atoms with Gasteiger partial charge in [-0.25, -0.2) is 13.6 Å². The number of thioether (sulfide) groups is 1. The fourth-order valence-corrected chi connectivity index (χ4v) is 4.21. The number of rotatable bonds is 4. The average Bonchev–Trinajstić information content (AvgIpc) is 2.45. The van der Waals surface area contributed by atoms with Gasteiger partial charge < -0.3 is 4.90 Å². The quantitative estimate of drug-likeness (QED) is 0.854. The Morgan fingerprint density at radius 3 is 2.76 bits per heavy atom. The van der Waals surface area contributed by atoms with E-state index in [-0.39, 0.29) is 10.7 Å². The Kier molecular flexibility index (Phi) is 4.95. The van der Waals surface area contributed by atoms with Gasteiger partial charge in [-0.2, -0.15) is 11.8 Å². The molecule has 116 valence electrons. The van der Waals surface area contributed by atoms with Crippen LogP contribution >= 0.6 is 11.8 Å². The van der Waals surface area contributed by atoms with Crippen LogP contribution < -0.4 is 10.0 Å². The van der Waals surface area contributed by atoms with Gasteiger partial charge >= 0.3 is 0 Å². The second-order valence-corrected chi connectivity index (χ2v) is 8.21. The van der Waals surface area contributed by atoms with Crippen LogP contribution in [0.25, 0.3) is 0 Å². The second kappa shape index (κ2) is 6.37. The minimum Gasteiger partial charge on any atom is -0.369 e. The molecule has 2 rings (SSSR count). The van der Waals surface area contributed by atoms with Crippen LogP contribution in [0.15, 0.2) is 23.1 Å². The summed E-state index contributed by atoms with van der Waals surface area (Å²) in [6, 6.07) is 4.79. The number of benzene rings is 1. The molecule has 0 aliphatic carbocycles. The van der Waals surface area contributed by atoms with Crippen LogP contribution in [-0.2, 0) is 10.0 Å². The molecule has 5 nitrogen and oxygen atoms in total. The lowest BCUT2D eigenvalue weighted by atomic mass is 10.1. The first-order chi connectivity index (χ1) is 9.82. The number of anilines is 1. The maximum Gasteiger partial charge on any atom is 0.240 e. The molecule has 0 unspecified atom stereocenters. The Hall–Kier alpha value is -1.05. The minimum atomic E-state index is -3.87. The van der Waals surface area contributed by atoms with Crippen LogP contribution in [0, 0.1) is 0 Å². The van der Waals surface area contributed by atoms with E-state index in [4.69, 9.17) is 5.14 Å². The lowest BCUT2D eigenvalue weighted by Gasteiger charge is -2.33. The number of primary sulfonamides is 1.